The number of nitrogens with one attached hydrogen (secondary N) is 2. The minimum absolute atomic E-state index is 0.0885. The number of pyridine rings is 1. The number of nitrogens with zero attached hydrogens (tertiary/aromatic N) is 1. The molecule has 1 saturated heterocycles. The van der Waals surface area contributed by atoms with Gasteiger partial charge in [-0.15, -0.1) is 0 Å². The van der Waals surface area contributed by atoms with Gasteiger partial charge in [-0.25, -0.2) is 0 Å². The van der Waals surface area contributed by atoms with Crippen LogP contribution in [0.1, 0.15) is 5.56 Å². The topological polar surface area (TPSA) is 54.0 Å². The van der Waals surface area contributed by atoms with Crippen LogP contribution >= 0.6 is 0 Å². The number of hydrogen-bond acceptors (Lipinski definition) is 3. The van der Waals surface area contributed by atoms with Gasteiger partial charge >= 0.3 is 0 Å². The van der Waals surface area contributed by atoms with Crippen molar-refractivity contribution < 1.29 is 4.79 Å². The predicted molar refractivity (Wildman–Crippen MR) is 78.2 cm³/mol. The van der Waals surface area contributed by atoms with Crippen LogP contribution in [-0.2, 0) is 11.2 Å². The van der Waals surface area contributed by atoms with Crippen LogP contribution in [0.5, 0.6) is 0 Å². The number of rotatable bonds is 3. The fraction of sp³-hybridized carbons (Fsp3) is 0.250. The molecule has 0 spiro atoms. The van der Waals surface area contributed by atoms with Gasteiger partial charge in [0.05, 0.1) is 6.04 Å². The van der Waals surface area contributed by atoms with E-state index in [-0.39, 0.29) is 11.9 Å². The molecule has 4 heteroatoms. The number of carbonyl (C=O) groups is 1. The Hall–Kier alpha value is -2.20. The summed E-state index contributed by atoms with van der Waals surface area (Å²) < 4.78 is 0. The lowest BCUT2D eigenvalue weighted by atomic mass is 9.99. The maximum absolute atomic E-state index is 11.8. The zero-order chi connectivity index (χ0) is 13.8. The Bertz CT molecular complexity index is 598. The van der Waals surface area contributed by atoms with Gasteiger partial charge in [-0.05, 0) is 35.2 Å². The first-order chi connectivity index (χ1) is 9.83. The van der Waals surface area contributed by atoms with E-state index in [1.807, 2.05) is 18.2 Å². The van der Waals surface area contributed by atoms with Crippen molar-refractivity contribution in [1.29, 1.82) is 0 Å². The van der Waals surface area contributed by atoms with E-state index in [1.165, 1.54) is 0 Å². The third kappa shape index (κ3) is 2.86. The quantitative estimate of drug-likeness (QED) is 0.883. The second kappa shape index (κ2) is 5.84. The predicted octanol–water partition coefficient (Wildman–Crippen LogP) is 1.38. The first-order valence-corrected chi connectivity index (χ1v) is 6.83. The highest BCUT2D eigenvalue weighted by Gasteiger charge is 2.21. The van der Waals surface area contributed by atoms with Crippen molar-refractivity contribution in [2.45, 2.75) is 12.5 Å². The average Bonchev–Trinajstić information content (AvgIpc) is 2.51. The average molecular weight is 267 g/mol. The Morgan fingerprint density at radius 3 is 2.75 bits per heavy atom. The lowest BCUT2D eigenvalue weighted by molar-refractivity contribution is -0.124. The van der Waals surface area contributed by atoms with E-state index in [9.17, 15) is 4.79 Å². The van der Waals surface area contributed by atoms with E-state index in [2.05, 4.69) is 33.8 Å². The molecule has 0 radical (unpaired) electrons. The number of aromatic nitrogens is 1. The Balaban J connectivity index is 1.79. The molecule has 4 nitrogen and oxygen atoms in total. The first kappa shape index (κ1) is 12.8. The highest BCUT2D eigenvalue weighted by Crippen LogP contribution is 2.20. The summed E-state index contributed by atoms with van der Waals surface area (Å²) >= 11 is 0. The van der Waals surface area contributed by atoms with Gasteiger partial charge in [0.15, 0.2) is 0 Å². The van der Waals surface area contributed by atoms with Crippen LogP contribution in [-0.4, -0.2) is 30.0 Å². The van der Waals surface area contributed by atoms with Gasteiger partial charge in [0, 0.05) is 25.5 Å². The summed E-state index contributed by atoms with van der Waals surface area (Å²) in [6.07, 6.45) is 4.29. The van der Waals surface area contributed by atoms with Gasteiger partial charge in [0.25, 0.3) is 0 Å². The van der Waals surface area contributed by atoms with Crippen LogP contribution in [0.3, 0.4) is 0 Å². The summed E-state index contributed by atoms with van der Waals surface area (Å²) in [5, 5.41) is 6.14. The Morgan fingerprint density at radius 2 is 1.95 bits per heavy atom. The normalized spacial score (nSPS) is 18.6. The molecular weight excluding hydrogens is 250 g/mol. The fourth-order valence-electron chi connectivity index (χ4n) is 2.47. The van der Waals surface area contributed by atoms with E-state index in [0.717, 1.165) is 23.2 Å². The van der Waals surface area contributed by atoms with Crippen LogP contribution < -0.4 is 10.6 Å². The highest BCUT2D eigenvalue weighted by atomic mass is 16.2. The Labute approximate surface area is 118 Å². The summed E-state index contributed by atoms with van der Waals surface area (Å²) in [6, 6.07) is 12.2. The molecule has 2 N–H and O–H groups in total. The minimum atomic E-state index is -0.128. The first-order valence-electron chi connectivity index (χ1n) is 6.83. The molecule has 3 rings (SSSR count). The molecule has 1 aromatic heterocycles. The van der Waals surface area contributed by atoms with E-state index in [0.29, 0.717) is 13.0 Å². The molecule has 102 valence electrons. The Kier molecular flexibility index (Phi) is 3.74. The van der Waals surface area contributed by atoms with Crippen molar-refractivity contribution in [3.63, 3.8) is 0 Å². The zero-order valence-electron chi connectivity index (χ0n) is 11.2. The second-order valence-corrected chi connectivity index (χ2v) is 4.94. The molecule has 1 aliphatic rings. The molecule has 1 aliphatic heterocycles. The Morgan fingerprint density at radius 1 is 1.10 bits per heavy atom. The van der Waals surface area contributed by atoms with Gasteiger partial charge in [0.1, 0.15) is 0 Å². The van der Waals surface area contributed by atoms with E-state index in [1.54, 1.807) is 12.4 Å². The zero-order valence-corrected chi connectivity index (χ0v) is 11.2. The largest absolute Gasteiger partial charge is 0.353 e. The number of piperazine rings is 1. The van der Waals surface area contributed by atoms with Crippen molar-refractivity contribution in [2.75, 3.05) is 13.1 Å². The molecule has 1 atom stereocenters. The summed E-state index contributed by atoms with van der Waals surface area (Å²) in [5.74, 6) is 0.0885. The van der Waals surface area contributed by atoms with Crippen LogP contribution in [0.2, 0.25) is 0 Å². The molecule has 20 heavy (non-hydrogen) atoms. The van der Waals surface area contributed by atoms with E-state index >= 15 is 0 Å². The van der Waals surface area contributed by atoms with Crippen LogP contribution in [0.15, 0.2) is 48.8 Å². The number of hydrogen-bond donors (Lipinski definition) is 2. The maximum atomic E-state index is 11.8. The number of benzene rings is 1. The molecule has 1 unspecified atom stereocenters. The molecule has 2 aromatic rings. The van der Waals surface area contributed by atoms with Gasteiger partial charge in [0.2, 0.25) is 5.91 Å². The fourth-order valence-corrected chi connectivity index (χ4v) is 2.47. The standard InChI is InChI=1S/C16H17N3O/c20-16-15(18-8-9-19-16)11-12-2-1-3-14(10-12)13-4-6-17-7-5-13/h1-7,10,15,18H,8-9,11H2,(H,19,20). The third-order valence-corrected chi connectivity index (χ3v) is 3.51. The summed E-state index contributed by atoms with van der Waals surface area (Å²) in [5.41, 5.74) is 3.46. The van der Waals surface area contributed by atoms with Crippen molar-refractivity contribution in [2.24, 2.45) is 0 Å². The molecule has 1 aromatic carbocycles. The molecular formula is C16H17N3O. The number of carbonyl (C=O) groups excluding carboxylic acids is 1. The highest BCUT2D eigenvalue weighted by molar-refractivity contribution is 5.82. The van der Waals surface area contributed by atoms with Crippen LogP contribution in [0, 0.1) is 0 Å². The van der Waals surface area contributed by atoms with Gasteiger partial charge < -0.3 is 10.6 Å². The molecule has 0 saturated carbocycles. The van der Waals surface area contributed by atoms with Crippen molar-refractivity contribution in [3.8, 4) is 11.1 Å². The van der Waals surface area contributed by atoms with Crippen LogP contribution in [0.25, 0.3) is 11.1 Å². The van der Waals surface area contributed by atoms with E-state index in [4.69, 9.17) is 0 Å². The number of amides is 1. The minimum Gasteiger partial charge on any atom is -0.353 e. The van der Waals surface area contributed by atoms with Crippen molar-refractivity contribution >= 4 is 5.91 Å². The van der Waals surface area contributed by atoms with Gasteiger partial charge in [-0.3, -0.25) is 9.78 Å². The smallest absolute Gasteiger partial charge is 0.237 e. The molecule has 0 bridgehead atoms. The van der Waals surface area contributed by atoms with Gasteiger partial charge in [-0.1, -0.05) is 24.3 Å². The monoisotopic (exact) mass is 267 g/mol. The lowest BCUT2D eigenvalue weighted by Crippen LogP contribution is -2.53. The molecule has 1 fully saturated rings. The SMILES string of the molecule is O=C1NCCNC1Cc1cccc(-c2ccncc2)c1. The van der Waals surface area contributed by atoms with E-state index < -0.39 is 0 Å². The van der Waals surface area contributed by atoms with Crippen LogP contribution in [0.4, 0.5) is 0 Å². The summed E-state index contributed by atoms with van der Waals surface area (Å²) in [7, 11) is 0. The summed E-state index contributed by atoms with van der Waals surface area (Å²) in [6.45, 7) is 1.55. The maximum Gasteiger partial charge on any atom is 0.237 e. The lowest BCUT2D eigenvalue weighted by Gasteiger charge is -2.23. The molecule has 0 aliphatic carbocycles. The second-order valence-electron chi connectivity index (χ2n) is 4.94. The van der Waals surface area contributed by atoms with Gasteiger partial charge in [-0.2, -0.15) is 0 Å². The summed E-state index contributed by atoms with van der Waals surface area (Å²) in [4.78, 5) is 15.8. The van der Waals surface area contributed by atoms with Crippen molar-refractivity contribution in [3.05, 3.63) is 54.4 Å². The molecule has 2 heterocycles. The third-order valence-electron chi connectivity index (χ3n) is 3.51. The molecule has 1 amide bonds. The van der Waals surface area contributed by atoms with Crippen molar-refractivity contribution in [1.82, 2.24) is 15.6 Å².